The lowest BCUT2D eigenvalue weighted by molar-refractivity contribution is 0.00679. The third kappa shape index (κ3) is 4.22. The number of nitrogens with zero attached hydrogens (tertiary/aromatic N) is 2. The van der Waals surface area contributed by atoms with E-state index in [1.165, 1.54) is 12.8 Å². The van der Waals surface area contributed by atoms with Crippen LogP contribution in [0.5, 0.6) is 0 Å². The molecule has 5 heteroatoms. The number of benzene rings is 1. The summed E-state index contributed by atoms with van der Waals surface area (Å²) in [6.07, 6.45) is 3.78. The summed E-state index contributed by atoms with van der Waals surface area (Å²) < 4.78 is 5.73. The fraction of sp³-hybridized carbons (Fsp3) is 0.500. The molecule has 1 aromatic rings. The quantitative estimate of drug-likeness (QED) is 0.376. The molecular weight excluding hydrogens is 240 g/mol. The second kappa shape index (κ2) is 7.11. The molecule has 1 unspecified atom stereocenters. The van der Waals surface area contributed by atoms with Gasteiger partial charge < -0.3 is 9.64 Å². The van der Waals surface area contributed by atoms with E-state index < -0.39 is 0 Å². The average Bonchev–Trinajstić information content (AvgIpc) is 2.47. The Morgan fingerprint density at radius 2 is 2.21 bits per heavy atom. The lowest BCUT2D eigenvalue weighted by Crippen LogP contribution is -2.46. The molecule has 0 aromatic heterocycles. The maximum Gasteiger partial charge on any atom is 0.213 e. The number of aliphatic imine (C=N–C) groups is 1. The van der Waals surface area contributed by atoms with Crippen LogP contribution in [0, 0.1) is 0 Å². The van der Waals surface area contributed by atoms with Crippen LogP contribution in [-0.2, 0) is 4.74 Å². The van der Waals surface area contributed by atoms with Crippen LogP contribution in [0.2, 0.25) is 0 Å². The lowest BCUT2D eigenvalue weighted by atomic mass is 10.1. The number of hydrogen-bond donors (Lipinski definition) is 2. The lowest BCUT2D eigenvalue weighted by Gasteiger charge is -2.28. The van der Waals surface area contributed by atoms with Gasteiger partial charge in [-0.2, -0.15) is 0 Å². The van der Waals surface area contributed by atoms with E-state index in [2.05, 4.69) is 10.4 Å². The fourth-order valence-corrected chi connectivity index (χ4v) is 2.20. The Labute approximate surface area is 114 Å². The summed E-state index contributed by atoms with van der Waals surface area (Å²) in [6, 6.07) is 9.77. The first kappa shape index (κ1) is 13.8. The van der Waals surface area contributed by atoms with Crippen LogP contribution in [0.3, 0.4) is 0 Å². The molecule has 1 fully saturated rings. The van der Waals surface area contributed by atoms with Crippen molar-refractivity contribution >= 4 is 11.6 Å². The number of hydrazine groups is 1. The summed E-state index contributed by atoms with van der Waals surface area (Å²) in [5, 5.41) is 0. The van der Waals surface area contributed by atoms with Gasteiger partial charge in [-0.05, 0) is 31.4 Å². The van der Waals surface area contributed by atoms with E-state index >= 15 is 0 Å². The van der Waals surface area contributed by atoms with E-state index in [9.17, 15) is 0 Å². The normalized spacial score (nSPS) is 20.1. The van der Waals surface area contributed by atoms with Gasteiger partial charge in [-0.15, -0.1) is 0 Å². The van der Waals surface area contributed by atoms with Crippen molar-refractivity contribution in [2.24, 2.45) is 10.8 Å². The highest BCUT2D eigenvalue weighted by Gasteiger charge is 2.17. The van der Waals surface area contributed by atoms with Gasteiger partial charge in [0.2, 0.25) is 5.96 Å². The van der Waals surface area contributed by atoms with E-state index in [1.807, 2.05) is 42.3 Å². The van der Waals surface area contributed by atoms with Crippen molar-refractivity contribution in [3.05, 3.63) is 30.3 Å². The van der Waals surface area contributed by atoms with Crippen LogP contribution >= 0.6 is 0 Å². The number of rotatable bonds is 3. The second-order valence-corrected chi connectivity index (χ2v) is 4.78. The van der Waals surface area contributed by atoms with E-state index in [-0.39, 0.29) is 6.10 Å². The Morgan fingerprint density at radius 3 is 2.84 bits per heavy atom. The summed E-state index contributed by atoms with van der Waals surface area (Å²) >= 11 is 0. The molecule has 1 atom stereocenters. The SMILES string of the molecule is CN(CC1CCCCO1)C(=Nc1ccccc1)NN. The minimum atomic E-state index is 0.271. The third-order valence-corrected chi connectivity index (χ3v) is 3.23. The molecule has 1 saturated heterocycles. The molecule has 5 nitrogen and oxygen atoms in total. The molecule has 1 aliphatic rings. The largest absolute Gasteiger partial charge is 0.376 e. The third-order valence-electron chi connectivity index (χ3n) is 3.23. The minimum absolute atomic E-state index is 0.271. The van der Waals surface area contributed by atoms with Gasteiger partial charge in [0.15, 0.2) is 0 Å². The standard InChI is InChI=1S/C14H22N4O/c1-18(11-13-9-5-6-10-19-13)14(17-15)16-12-7-3-2-4-8-12/h2-4,7-8,13H,5-6,9-11,15H2,1H3,(H,16,17). The number of likely N-dealkylation sites (N-methyl/N-ethyl adjacent to an activating group) is 1. The van der Waals surface area contributed by atoms with Gasteiger partial charge in [0.05, 0.1) is 11.8 Å². The van der Waals surface area contributed by atoms with Crippen molar-refractivity contribution in [3.63, 3.8) is 0 Å². The fourth-order valence-electron chi connectivity index (χ4n) is 2.20. The molecule has 0 aliphatic carbocycles. The molecule has 0 bridgehead atoms. The highest BCUT2D eigenvalue weighted by molar-refractivity contribution is 5.82. The number of para-hydroxylation sites is 1. The average molecular weight is 262 g/mol. The molecule has 1 aliphatic heterocycles. The van der Waals surface area contributed by atoms with Crippen molar-refractivity contribution in [2.75, 3.05) is 20.2 Å². The van der Waals surface area contributed by atoms with Crippen LogP contribution in [-0.4, -0.2) is 37.2 Å². The molecule has 1 heterocycles. The van der Waals surface area contributed by atoms with Crippen LogP contribution in [0.1, 0.15) is 19.3 Å². The zero-order valence-corrected chi connectivity index (χ0v) is 11.4. The summed E-state index contributed by atoms with van der Waals surface area (Å²) in [5.74, 6) is 6.22. The number of guanidine groups is 1. The zero-order chi connectivity index (χ0) is 13.5. The molecular formula is C14H22N4O. The Hall–Kier alpha value is -1.59. The van der Waals surface area contributed by atoms with Gasteiger partial charge in [-0.1, -0.05) is 18.2 Å². The number of nitrogens with two attached hydrogens (primary N) is 1. The van der Waals surface area contributed by atoms with E-state index in [0.717, 1.165) is 25.3 Å². The van der Waals surface area contributed by atoms with Crippen molar-refractivity contribution < 1.29 is 4.74 Å². The Balaban J connectivity index is 1.98. The number of nitrogens with one attached hydrogen (secondary N) is 1. The highest BCUT2D eigenvalue weighted by Crippen LogP contribution is 2.14. The van der Waals surface area contributed by atoms with Crippen LogP contribution in [0.25, 0.3) is 0 Å². The van der Waals surface area contributed by atoms with Crippen LogP contribution in [0.4, 0.5) is 5.69 Å². The van der Waals surface area contributed by atoms with Crippen LogP contribution in [0.15, 0.2) is 35.3 Å². The van der Waals surface area contributed by atoms with Gasteiger partial charge in [0.1, 0.15) is 0 Å². The first-order valence-electron chi connectivity index (χ1n) is 6.72. The molecule has 104 valence electrons. The van der Waals surface area contributed by atoms with Crippen molar-refractivity contribution in [3.8, 4) is 0 Å². The van der Waals surface area contributed by atoms with Gasteiger partial charge in [-0.25, -0.2) is 10.8 Å². The van der Waals surface area contributed by atoms with E-state index in [4.69, 9.17) is 10.6 Å². The minimum Gasteiger partial charge on any atom is -0.376 e. The first-order valence-corrected chi connectivity index (χ1v) is 6.72. The summed E-state index contributed by atoms with van der Waals surface area (Å²) in [4.78, 5) is 6.50. The van der Waals surface area contributed by atoms with Crippen LogP contribution < -0.4 is 11.3 Å². The van der Waals surface area contributed by atoms with Crippen molar-refractivity contribution in [1.82, 2.24) is 10.3 Å². The molecule has 1 aromatic carbocycles. The topological polar surface area (TPSA) is 62.9 Å². The molecule has 0 radical (unpaired) electrons. The maximum atomic E-state index is 5.73. The second-order valence-electron chi connectivity index (χ2n) is 4.78. The Bertz CT molecular complexity index is 401. The smallest absolute Gasteiger partial charge is 0.213 e. The first-order chi connectivity index (χ1) is 9.29. The van der Waals surface area contributed by atoms with Gasteiger partial charge in [-0.3, -0.25) is 5.43 Å². The van der Waals surface area contributed by atoms with Gasteiger partial charge in [0, 0.05) is 20.2 Å². The van der Waals surface area contributed by atoms with E-state index in [0.29, 0.717) is 5.96 Å². The molecule has 0 saturated carbocycles. The van der Waals surface area contributed by atoms with Crippen molar-refractivity contribution in [1.29, 1.82) is 0 Å². The monoisotopic (exact) mass is 262 g/mol. The highest BCUT2D eigenvalue weighted by atomic mass is 16.5. The molecule has 0 amide bonds. The summed E-state index contributed by atoms with van der Waals surface area (Å²) in [6.45, 7) is 1.66. The summed E-state index contributed by atoms with van der Waals surface area (Å²) in [5.41, 5.74) is 3.54. The zero-order valence-electron chi connectivity index (χ0n) is 11.4. The van der Waals surface area contributed by atoms with Crippen molar-refractivity contribution in [2.45, 2.75) is 25.4 Å². The number of ether oxygens (including phenoxy) is 1. The molecule has 3 N–H and O–H groups in total. The Morgan fingerprint density at radius 1 is 1.42 bits per heavy atom. The predicted octanol–water partition coefficient (Wildman–Crippen LogP) is 1.64. The number of hydrogen-bond acceptors (Lipinski definition) is 3. The molecule has 0 spiro atoms. The van der Waals surface area contributed by atoms with E-state index in [1.54, 1.807) is 0 Å². The maximum absolute atomic E-state index is 5.73. The Kier molecular flexibility index (Phi) is 5.18. The van der Waals surface area contributed by atoms with Gasteiger partial charge in [0.25, 0.3) is 0 Å². The predicted molar refractivity (Wildman–Crippen MR) is 77.1 cm³/mol. The molecule has 19 heavy (non-hydrogen) atoms. The molecule has 2 rings (SSSR count). The van der Waals surface area contributed by atoms with Gasteiger partial charge >= 0.3 is 0 Å². The summed E-state index contributed by atoms with van der Waals surface area (Å²) in [7, 11) is 1.97.